The number of carbonyl (C=O) groups excluding carboxylic acids is 1. The van der Waals surface area contributed by atoms with Crippen LogP contribution in [0, 0.1) is 0 Å². The van der Waals surface area contributed by atoms with Crippen LogP contribution in [0.25, 0.3) is 0 Å². The molecule has 146 valence electrons. The Morgan fingerprint density at radius 1 is 1.37 bits per heavy atom. The lowest BCUT2D eigenvalue weighted by Crippen LogP contribution is -2.28. The van der Waals surface area contributed by atoms with Gasteiger partial charge >= 0.3 is 0 Å². The third-order valence-corrected chi connectivity index (χ3v) is 4.36. The first kappa shape index (κ1) is 19.2. The van der Waals surface area contributed by atoms with Crippen LogP contribution in [-0.2, 0) is 24.1 Å². The zero-order valence-corrected chi connectivity index (χ0v) is 16.2. The number of amides is 1. The number of nitrogens with zero attached hydrogens (tertiary/aromatic N) is 2. The Balaban J connectivity index is 1.35. The van der Waals surface area contributed by atoms with E-state index in [1.54, 1.807) is 0 Å². The van der Waals surface area contributed by atoms with Gasteiger partial charge in [-0.15, -0.1) is 0 Å². The van der Waals surface area contributed by atoms with E-state index in [1.165, 1.54) is 0 Å². The van der Waals surface area contributed by atoms with Crippen LogP contribution in [0.2, 0.25) is 0 Å². The normalized spacial score (nSPS) is 14.5. The fourth-order valence-corrected chi connectivity index (χ4v) is 3.08. The minimum absolute atomic E-state index is 0.00972. The predicted octanol–water partition coefficient (Wildman–Crippen LogP) is 2.86. The highest BCUT2D eigenvalue weighted by atomic mass is 16.5. The first-order valence-corrected chi connectivity index (χ1v) is 9.49. The van der Waals surface area contributed by atoms with Crippen molar-refractivity contribution in [3.63, 3.8) is 0 Å². The molecule has 0 atom stereocenters. The summed E-state index contributed by atoms with van der Waals surface area (Å²) in [7, 11) is 0. The lowest BCUT2D eigenvalue weighted by Gasteiger charge is -2.18. The average Bonchev–Trinajstić information content (AvgIpc) is 3.21. The van der Waals surface area contributed by atoms with Crippen LogP contribution in [-0.4, -0.2) is 34.8 Å². The number of hydrogen-bond donors (Lipinski definition) is 1. The van der Waals surface area contributed by atoms with Gasteiger partial charge in [-0.1, -0.05) is 24.2 Å². The fraction of sp³-hybridized carbons (Fsp3) is 0.550. The van der Waals surface area contributed by atoms with Crippen molar-refractivity contribution in [2.24, 2.45) is 0 Å². The highest BCUT2D eigenvalue weighted by Crippen LogP contribution is 2.41. The molecule has 1 aromatic heterocycles. The molecule has 0 fully saturated rings. The number of carbonyl (C=O) groups is 1. The minimum Gasteiger partial charge on any atom is -0.488 e. The van der Waals surface area contributed by atoms with Gasteiger partial charge in [0.1, 0.15) is 12.2 Å². The quantitative estimate of drug-likeness (QED) is 0.680. The van der Waals surface area contributed by atoms with Crippen LogP contribution < -0.4 is 14.8 Å². The predicted molar refractivity (Wildman–Crippen MR) is 100.0 cm³/mol. The van der Waals surface area contributed by atoms with Crippen molar-refractivity contribution >= 4 is 5.91 Å². The zero-order valence-electron chi connectivity index (χ0n) is 16.2. The van der Waals surface area contributed by atoms with Crippen molar-refractivity contribution < 1.29 is 18.8 Å². The third-order valence-electron chi connectivity index (χ3n) is 4.36. The van der Waals surface area contributed by atoms with E-state index >= 15 is 0 Å². The second kappa shape index (κ2) is 8.41. The number of aryl methyl sites for hydroxylation is 2. The molecule has 0 unspecified atom stereocenters. The molecular formula is C20H27N3O4. The Bertz CT molecular complexity index is 785. The Hall–Kier alpha value is -2.57. The van der Waals surface area contributed by atoms with E-state index < -0.39 is 0 Å². The smallest absolute Gasteiger partial charge is 0.226 e. The number of rotatable bonds is 9. The summed E-state index contributed by atoms with van der Waals surface area (Å²) < 4.78 is 16.9. The molecule has 2 heterocycles. The van der Waals surface area contributed by atoms with Gasteiger partial charge in [-0.25, -0.2) is 0 Å². The molecular weight excluding hydrogens is 346 g/mol. The van der Waals surface area contributed by atoms with Gasteiger partial charge in [0.05, 0.1) is 6.54 Å². The molecule has 1 aromatic carbocycles. The number of aromatic nitrogens is 2. The summed E-state index contributed by atoms with van der Waals surface area (Å²) in [5, 5.41) is 6.71. The van der Waals surface area contributed by atoms with E-state index in [4.69, 9.17) is 14.0 Å². The van der Waals surface area contributed by atoms with Crippen molar-refractivity contribution in [3.05, 3.63) is 35.5 Å². The number of nitrogens with one attached hydrogen (secondary N) is 1. The molecule has 1 N–H and O–H groups in total. The summed E-state index contributed by atoms with van der Waals surface area (Å²) in [5.41, 5.74) is 0.959. The summed E-state index contributed by atoms with van der Waals surface area (Å²) in [6.07, 6.45) is 3.32. The van der Waals surface area contributed by atoms with Gasteiger partial charge in [-0.3, -0.25) is 4.79 Å². The number of benzene rings is 1. The van der Waals surface area contributed by atoms with Gasteiger partial charge in [0, 0.05) is 31.2 Å². The Kier molecular flexibility index (Phi) is 5.98. The first-order chi connectivity index (χ1) is 13.0. The second-order valence-corrected chi connectivity index (χ2v) is 7.29. The number of para-hydroxylation sites is 1. The molecule has 0 aliphatic carbocycles. The van der Waals surface area contributed by atoms with E-state index in [9.17, 15) is 4.79 Å². The molecule has 7 nitrogen and oxygen atoms in total. The highest BCUT2D eigenvalue weighted by Gasteiger charge is 2.32. The summed E-state index contributed by atoms with van der Waals surface area (Å²) in [5.74, 6) is 2.83. The molecule has 0 spiro atoms. The Labute approximate surface area is 159 Å². The summed E-state index contributed by atoms with van der Waals surface area (Å²) in [6, 6.07) is 5.93. The Morgan fingerprint density at radius 3 is 3.00 bits per heavy atom. The van der Waals surface area contributed by atoms with Gasteiger partial charge in [0.2, 0.25) is 11.8 Å². The molecule has 27 heavy (non-hydrogen) atoms. The molecule has 1 amide bonds. The molecule has 1 aliphatic rings. The molecule has 7 heteroatoms. The monoisotopic (exact) mass is 373 g/mol. The summed E-state index contributed by atoms with van der Waals surface area (Å²) in [4.78, 5) is 16.2. The summed E-state index contributed by atoms with van der Waals surface area (Å²) >= 11 is 0. The average molecular weight is 373 g/mol. The summed E-state index contributed by atoms with van der Waals surface area (Å²) in [6.45, 7) is 6.95. The largest absolute Gasteiger partial charge is 0.488 e. The molecule has 3 rings (SSSR count). The molecule has 1 aliphatic heterocycles. The second-order valence-electron chi connectivity index (χ2n) is 7.29. The Morgan fingerprint density at radius 2 is 2.22 bits per heavy atom. The van der Waals surface area contributed by atoms with Gasteiger partial charge in [0.15, 0.2) is 17.3 Å². The van der Waals surface area contributed by atoms with E-state index in [0.29, 0.717) is 44.1 Å². The minimum atomic E-state index is -0.202. The van der Waals surface area contributed by atoms with Crippen LogP contribution in [0.1, 0.15) is 50.9 Å². The van der Waals surface area contributed by atoms with Crippen LogP contribution >= 0.6 is 0 Å². The maximum atomic E-state index is 11.9. The first-order valence-electron chi connectivity index (χ1n) is 9.49. The third kappa shape index (κ3) is 5.21. The fourth-order valence-electron chi connectivity index (χ4n) is 3.08. The van der Waals surface area contributed by atoms with Crippen LogP contribution in [0.4, 0.5) is 0 Å². The molecule has 0 radical (unpaired) electrons. The number of hydrogen-bond acceptors (Lipinski definition) is 6. The van der Waals surface area contributed by atoms with Crippen LogP contribution in [0.3, 0.4) is 0 Å². The van der Waals surface area contributed by atoms with E-state index in [2.05, 4.69) is 35.4 Å². The van der Waals surface area contributed by atoms with E-state index in [0.717, 1.165) is 29.9 Å². The maximum Gasteiger partial charge on any atom is 0.226 e. The van der Waals surface area contributed by atoms with Crippen LogP contribution in [0.15, 0.2) is 22.7 Å². The highest BCUT2D eigenvalue weighted by molar-refractivity contribution is 5.75. The van der Waals surface area contributed by atoms with Crippen LogP contribution in [0.5, 0.6) is 11.5 Å². The van der Waals surface area contributed by atoms with Crippen molar-refractivity contribution in [2.75, 3.05) is 13.2 Å². The standard InChI is InChI=1S/C20H27N3O4/c1-4-16-22-18(27-23-16)10-6-9-17(24)21-11-12-25-15-8-5-7-14-13-20(2,3)26-19(14)15/h5,7-8H,4,6,9-13H2,1-3H3,(H,21,24). The zero-order chi connectivity index (χ0) is 19.3. The van der Waals surface area contributed by atoms with Crippen molar-refractivity contribution in [1.29, 1.82) is 0 Å². The van der Waals surface area contributed by atoms with Gasteiger partial charge < -0.3 is 19.3 Å². The number of ether oxygens (including phenoxy) is 2. The van der Waals surface area contributed by atoms with Gasteiger partial charge in [-0.2, -0.15) is 4.98 Å². The van der Waals surface area contributed by atoms with E-state index in [-0.39, 0.29) is 11.5 Å². The van der Waals surface area contributed by atoms with Crippen molar-refractivity contribution in [2.45, 2.75) is 58.5 Å². The van der Waals surface area contributed by atoms with Crippen molar-refractivity contribution in [1.82, 2.24) is 15.5 Å². The molecule has 0 saturated carbocycles. The maximum absolute atomic E-state index is 11.9. The lowest BCUT2D eigenvalue weighted by atomic mass is 10.0. The topological polar surface area (TPSA) is 86.5 Å². The molecule has 0 saturated heterocycles. The van der Waals surface area contributed by atoms with E-state index in [1.807, 2.05) is 19.1 Å². The molecule has 0 bridgehead atoms. The van der Waals surface area contributed by atoms with Crippen molar-refractivity contribution in [3.8, 4) is 11.5 Å². The van der Waals surface area contributed by atoms with Gasteiger partial charge in [-0.05, 0) is 26.3 Å². The molecule has 2 aromatic rings. The van der Waals surface area contributed by atoms with Gasteiger partial charge in [0.25, 0.3) is 0 Å². The number of fused-ring (bicyclic) bond motifs is 1. The lowest BCUT2D eigenvalue weighted by molar-refractivity contribution is -0.121. The SMILES string of the molecule is CCc1noc(CCCC(=O)NCCOc2cccc3c2OC(C)(C)C3)n1.